The van der Waals surface area contributed by atoms with Crippen LogP contribution in [0.25, 0.3) is 0 Å². The van der Waals surface area contributed by atoms with Gasteiger partial charge in [0, 0.05) is 19.6 Å². The number of hydrogen-bond donors (Lipinski definition) is 0. The fourth-order valence-electron chi connectivity index (χ4n) is 3.80. The van der Waals surface area contributed by atoms with Crippen molar-refractivity contribution in [3.8, 4) is 5.75 Å². The summed E-state index contributed by atoms with van der Waals surface area (Å²) < 4.78 is 12.8. The van der Waals surface area contributed by atoms with Gasteiger partial charge in [0.15, 0.2) is 11.0 Å². The maximum absolute atomic E-state index is 12.7. The molecule has 1 aromatic heterocycles. The molecule has 8 nitrogen and oxygen atoms in total. The molecule has 0 unspecified atom stereocenters. The Bertz CT molecular complexity index is 921. The van der Waals surface area contributed by atoms with Crippen LogP contribution in [0.15, 0.2) is 29.4 Å². The van der Waals surface area contributed by atoms with Gasteiger partial charge in [-0.15, -0.1) is 10.2 Å². The van der Waals surface area contributed by atoms with Crippen LogP contribution >= 0.6 is 11.8 Å². The molecule has 180 valence electrons. The number of esters is 1. The van der Waals surface area contributed by atoms with Crippen LogP contribution in [0.2, 0.25) is 0 Å². The van der Waals surface area contributed by atoms with Crippen molar-refractivity contribution in [3.63, 3.8) is 0 Å². The van der Waals surface area contributed by atoms with Gasteiger partial charge in [0.2, 0.25) is 5.91 Å². The van der Waals surface area contributed by atoms with Crippen molar-refractivity contribution in [2.75, 3.05) is 26.0 Å². The van der Waals surface area contributed by atoms with Crippen LogP contribution in [0.4, 0.5) is 0 Å². The van der Waals surface area contributed by atoms with Crippen LogP contribution < -0.4 is 4.74 Å². The number of rotatable bonds is 10. The summed E-state index contributed by atoms with van der Waals surface area (Å²) in [6, 6.07) is 8.07. The number of benzene rings is 1. The Morgan fingerprint density at radius 3 is 2.45 bits per heavy atom. The molecule has 0 saturated carbocycles. The van der Waals surface area contributed by atoms with Crippen LogP contribution in [-0.4, -0.2) is 57.5 Å². The molecule has 1 aliphatic rings. The van der Waals surface area contributed by atoms with Gasteiger partial charge >= 0.3 is 5.97 Å². The third kappa shape index (κ3) is 6.96. The Morgan fingerprint density at radius 2 is 1.85 bits per heavy atom. The van der Waals surface area contributed by atoms with Gasteiger partial charge in [-0.25, -0.2) is 0 Å². The lowest BCUT2D eigenvalue weighted by Crippen LogP contribution is -2.41. The number of carbonyl (C=O) groups is 2. The summed E-state index contributed by atoms with van der Waals surface area (Å²) in [4.78, 5) is 26.2. The summed E-state index contributed by atoms with van der Waals surface area (Å²) in [6.45, 7) is 8.63. The summed E-state index contributed by atoms with van der Waals surface area (Å²) in [6.07, 6.45) is 2.28. The molecular formula is C24H34N4O4S. The summed E-state index contributed by atoms with van der Waals surface area (Å²) in [7, 11) is 1.41. The van der Waals surface area contributed by atoms with Gasteiger partial charge in [0.1, 0.15) is 12.4 Å². The standard InChI is InChI=1S/C24H34N4O4S/c1-5-18-6-8-20(9-7-18)32-15-21-25-26-24(28(21)14-17(2)3)33-16-22(29)27-12-10-19(11-13-27)23(30)31-4/h6-9,17,19H,5,10-16H2,1-4H3. The molecule has 0 atom stereocenters. The van der Waals surface area contributed by atoms with E-state index in [1.807, 2.05) is 21.6 Å². The largest absolute Gasteiger partial charge is 0.486 e. The first kappa shape index (κ1) is 25.1. The van der Waals surface area contributed by atoms with Crippen molar-refractivity contribution in [1.82, 2.24) is 19.7 Å². The number of hydrogen-bond acceptors (Lipinski definition) is 7. The molecule has 1 amide bonds. The van der Waals surface area contributed by atoms with Crippen molar-refractivity contribution < 1.29 is 19.1 Å². The number of carbonyl (C=O) groups excluding carboxylic acids is 2. The number of ether oxygens (including phenoxy) is 2. The van der Waals surface area contributed by atoms with Gasteiger partial charge in [0.25, 0.3) is 0 Å². The second kappa shape index (κ2) is 12.1. The molecule has 0 radical (unpaired) electrons. The first-order valence-corrected chi connectivity index (χ1v) is 12.5. The van der Waals surface area contributed by atoms with E-state index in [1.54, 1.807) is 0 Å². The molecule has 33 heavy (non-hydrogen) atoms. The van der Waals surface area contributed by atoms with E-state index in [0.717, 1.165) is 29.7 Å². The van der Waals surface area contributed by atoms with Crippen molar-refractivity contribution in [2.45, 2.75) is 58.3 Å². The molecular weight excluding hydrogens is 440 g/mol. The highest BCUT2D eigenvalue weighted by Gasteiger charge is 2.28. The van der Waals surface area contributed by atoms with Crippen molar-refractivity contribution in [1.29, 1.82) is 0 Å². The molecule has 1 fully saturated rings. The molecule has 0 bridgehead atoms. The SMILES string of the molecule is CCc1ccc(OCc2nnc(SCC(=O)N3CCC(C(=O)OC)CC3)n2CC(C)C)cc1. The smallest absolute Gasteiger partial charge is 0.308 e. The van der Waals surface area contributed by atoms with E-state index in [2.05, 4.69) is 43.1 Å². The zero-order chi connectivity index (χ0) is 23.8. The quantitative estimate of drug-likeness (QED) is 0.384. The second-order valence-electron chi connectivity index (χ2n) is 8.66. The fourth-order valence-corrected chi connectivity index (χ4v) is 4.67. The normalized spacial score (nSPS) is 14.5. The van der Waals surface area contributed by atoms with E-state index in [0.29, 0.717) is 44.2 Å². The van der Waals surface area contributed by atoms with E-state index in [4.69, 9.17) is 9.47 Å². The highest BCUT2D eigenvalue weighted by molar-refractivity contribution is 7.99. The highest BCUT2D eigenvalue weighted by atomic mass is 32.2. The van der Waals surface area contributed by atoms with Gasteiger partial charge in [-0.2, -0.15) is 0 Å². The lowest BCUT2D eigenvalue weighted by molar-refractivity contribution is -0.148. The lowest BCUT2D eigenvalue weighted by Gasteiger charge is -2.30. The number of amides is 1. The summed E-state index contributed by atoms with van der Waals surface area (Å²) >= 11 is 1.40. The Balaban J connectivity index is 1.57. The third-order valence-electron chi connectivity index (χ3n) is 5.75. The minimum absolute atomic E-state index is 0.0521. The molecule has 3 rings (SSSR count). The number of aryl methyl sites for hydroxylation is 1. The number of likely N-dealkylation sites (tertiary alicyclic amines) is 1. The van der Waals surface area contributed by atoms with Crippen LogP contribution in [0, 0.1) is 11.8 Å². The maximum atomic E-state index is 12.7. The van der Waals surface area contributed by atoms with E-state index < -0.39 is 0 Å². The molecule has 2 aromatic rings. The molecule has 0 aliphatic carbocycles. The van der Waals surface area contributed by atoms with Crippen LogP contribution in [-0.2, 0) is 33.9 Å². The Kier molecular flexibility index (Phi) is 9.17. The molecule has 1 aliphatic heterocycles. The summed E-state index contributed by atoms with van der Waals surface area (Å²) in [5.41, 5.74) is 1.27. The predicted octanol–water partition coefficient (Wildman–Crippen LogP) is 3.58. The van der Waals surface area contributed by atoms with Crippen LogP contribution in [0.5, 0.6) is 5.75 Å². The highest BCUT2D eigenvalue weighted by Crippen LogP contribution is 2.23. The molecule has 1 aromatic carbocycles. The monoisotopic (exact) mass is 474 g/mol. The molecule has 0 N–H and O–H groups in total. The van der Waals surface area contributed by atoms with Crippen LogP contribution in [0.3, 0.4) is 0 Å². The predicted molar refractivity (Wildman–Crippen MR) is 127 cm³/mol. The maximum Gasteiger partial charge on any atom is 0.308 e. The van der Waals surface area contributed by atoms with E-state index in [1.165, 1.54) is 24.4 Å². The number of methoxy groups -OCH3 is 1. The summed E-state index contributed by atoms with van der Waals surface area (Å²) in [5.74, 6) is 1.99. The number of aromatic nitrogens is 3. The third-order valence-corrected chi connectivity index (χ3v) is 6.70. The average Bonchev–Trinajstić information content (AvgIpc) is 3.21. The minimum atomic E-state index is -0.186. The Hall–Kier alpha value is -2.55. The molecule has 1 saturated heterocycles. The molecule has 0 spiro atoms. The zero-order valence-corrected chi connectivity index (χ0v) is 20.8. The fraction of sp³-hybridized carbons (Fsp3) is 0.583. The Labute approximate surface area is 200 Å². The average molecular weight is 475 g/mol. The second-order valence-corrected chi connectivity index (χ2v) is 9.60. The first-order chi connectivity index (χ1) is 15.9. The number of thioether (sulfide) groups is 1. The van der Waals surface area contributed by atoms with Gasteiger partial charge in [-0.05, 0) is 42.9 Å². The van der Waals surface area contributed by atoms with Gasteiger partial charge in [-0.1, -0.05) is 44.7 Å². The topological polar surface area (TPSA) is 86.6 Å². The zero-order valence-electron chi connectivity index (χ0n) is 20.0. The molecule has 9 heteroatoms. The van der Waals surface area contributed by atoms with Crippen molar-refractivity contribution in [2.24, 2.45) is 11.8 Å². The first-order valence-electron chi connectivity index (χ1n) is 11.5. The van der Waals surface area contributed by atoms with E-state index in [9.17, 15) is 9.59 Å². The van der Waals surface area contributed by atoms with Gasteiger partial charge in [-0.3, -0.25) is 9.59 Å². The number of piperidine rings is 1. The summed E-state index contributed by atoms with van der Waals surface area (Å²) in [5, 5.41) is 9.40. The lowest BCUT2D eigenvalue weighted by atomic mass is 9.97. The number of nitrogens with zero attached hydrogens (tertiary/aromatic N) is 4. The molecule has 2 heterocycles. The van der Waals surface area contributed by atoms with Crippen molar-refractivity contribution in [3.05, 3.63) is 35.7 Å². The minimum Gasteiger partial charge on any atom is -0.486 e. The van der Waals surface area contributed by atoms with Gasteiger partial charge < -0.3 is 18.9 Å². The van der Waals surface area contributed by atoms with Gasteiger partial charge in [0.05, 0.1) is 18.8 Å². The van der Waals surface area contributed by atoms with E-state index in [-0.39, 0.29) is 17.8 Å². The van der Waals surface area contributed by atoms with Crippen LogP contribution in [0.1, 0.15) is 45.0 Å². The van der Waals surface area contributed by atoms with Crippen molar-refractivity contribution >= 4 is 23.6 Å². The van der Waals surface area contributed by atoms with E-state index >= 15 is 0 Å². The Morgan fingerprint density at radius 1 is 1.15 bits per heavy atom.